The lowest BCUT2D eigenvalue weighted by molar-refractivity contribution is 0.306. The summed E-state index contributed by atoms with van der Waals surface area (Å²) in [4.78, 5) is 4.03. The lowest BCUT2D eigenvalue weighted by Gasteiger charge is -2.09. The summed E-state index contributed by atoms with van der Waals surface area (Å²) in [6, 6.07) is 20.7. The third kappa shape index (κ3) is 4.93. The molecule has 0 radical (unpaired) electrons. The minimum Gasteiger partial charge on any atom is -0.489 e. The Balaban J connectivity index is 1.52. The molecule has 3 nitrogen and oxygen atoms in total. The molecule has 0 aliphatic heterocycles. The van der Waals surface area contributed by atoms with E-state index in [1.54, 1.807) is 0 Å². The second-order valence-electron chi connectivity index (χ2n) is 5.88. The zero-order valence-electron chi connectivity index (χ0n) is 13.9. The van der Waals surface area contributed by atoms with Crippen molar-refractivity contribution in [3.05, 3.63) is 95.3 Å². The van der Waals surface area contributed by atoms with E-state index in [0.717, 1.165) is 18.8 Å². The van der Waals surface area contributed by atoms with Gasteiger partial charge in [-0.15, -0.1) is 0 Å². The van der Waals surface area contributed by atoms with Gasteiger partial charge in [-0.1, -0.05) is 42.0 Å². The van der Waals surface area contributed by atoms with Crippen molar-refractivity contribution in [1.29, 1.82) is 0 Å². The minimum absolute atomic E-state index is 0.593. The largest absolute Gasteiger partial charge is 0.489 e. The molecule has 0 unspecified atom stereocenters. The Bertz CT molecular complexity index is 772. The number of rotatable bonds is 7. The van der Waals surface area contributed by atoms with Gasteiger partial charge >= 0.3 is 0 Å². The van der Waals surface area contributed by atoms with E-state index in [1.807, 2.05) is 36.7 Å². The van der Waals surface area contributed by atoms with Gasteiger partial charge in [-0.3, -0.25) is 4.98 Å². The summed E-state index contributed by atoms with van der Waals surface area (Å²) >= 11 is 0. The highest BCUT2D eigenvalue weighted by Crippen LogP contribution is 2.16. The standard InChI is InChI=1S/C21H22N2O/c1-17-4-2-6-20(12-17)16-24-21-7-3-5-19(13-21)15-23-14-18-8-10-22-11-9-18/h2-13,23H,14-16H2,1H3. The summed E-state index contributed by atoms with van der Waals surface area (Å²) in [5.41, 5.74) is 4.89. The summed E-state index contributed by atoms with van der Waals surface area (Å²) in [5, 5.41) is 3.44. The Labute approximate surface area is 143 Å². The van der Waals surface area contributed by atoms with E-state index in [1.165, 1.54) is 22.3 Å². The fourth-order valence-electron chi connectivity index (χ4n) is 2.57. The predicted molar refractivity (Wildman–Crippen MR) is 96.7 cm³/mol. The minimum atomic E-state index is 0.593. The van der Waals surface area contributed by atoms with Crippen LogP contribution < -0.4 is 10.1 Å². The van der Waals surface area contributed by atoms with Gasteiger partial charge in [0.25, 0.3) is 0 Å². The van der Waals surface area contributed by atoms with Crippen molar-refractivity contribution < 1.29 is 4.74 Å². The van der Waals surface area contributed by atoms with Crippen molar-refractivity contribution in [2.24, 2.45) is 0 Å². The Morgan fingerprint density at radius 3 is 2.42 bits per heavy atom. The molecule has 1 aromatic heterocycles. The van der Waals surface area contributed by atoms with Crippen LogP contribution in [0.3, 0.4) is 0 Å². The van der Waals surface area contributed by atoms with E-state index in [2.05, 4.69) is 53.6 Å². The molecule has 1 N–H and O–H groups in total. The predicted octanol–water partition coefficient (Wildman–Crippen LogP) is 4.26. The van der Waals surface area contributed by atoms with Crippen molar-refractivity contribution in [3.63, 3.8) is 0 Å². The molecule has 0 bridgehead atoms. The smallest absolute Gasteiger partial charge is 0.120 e. The highest BCUT2D eigenvalue weighted by atomic mass is 16.5. The van der Waals surface area contributed by atoms with E-state index in [0.29, 0.717) is 6.61 Å². The maximum absolute atomic E-state index is 5.92. The molecular weight excluding hydrogens is 296 g/mol. The van der Waals surface area contributed by atoms with Crippen LogP contribution in [0.2, 0.25) is 0 Å². The third-order valence-electron chi connectivity index (χ3n) is 3.79. The first-order valence-electron chi connectivity index (χ1n) is 8.16. The number of pyridine rings is 1. The number of aromatic nitrogens is 1. The van der Waals surface area contributed by atoms with Gasteiger partial charge in [0.2, 0.25) is 0 Å². The zero-order valence-corrected chi connectivity index (χ0v) is 13.9. The monoisotopic (exact) mass is 318 g/mol. The Hall–Kier alpha value is -2.65. The molecule has 0 saturated heterocycles. The third-order valence-corrected chi connectivity index (χ3v) is 3.79. The molecule has 3 heteroatoms. The van der Waals surface area contributed by atoms with E-state index in [4.69, 9.17) is 4.74 Å². The Kier molecular flexibility index (Phi) is 5.59. The number of ether oxygens (including phenoxy) is 1. The van der Waals surface area contributed by atoms with Crippen LogP contribution >= 0.6 is 0 Å². The SMILES string of the molecule is Cc1cccc(COc2cccc(CNCc3ccncc3)c2)c1. The lowest BCUT2D eigenvalue weighted by Crippen LogP contribution is -2.12. The second kappa shape index (κ2) is 8.27. The summed E-state index contributed by atoms with van der Waals surface area (Å²) < 4.78 is 5.92. The molecule has 0 spiro atoms. The first-order valence-corrected chi connectivity index (χ1v) is 8.16. The molecule has 0 amide bonds. The maximum atomic E-state index is 5.92. The van der Waals surface area contributed by atoms with Crippen LogP contribution in [0.5, 0.6) is 5.75 Å². The van der Waals surface area contributed by atoms with Gasteiger partial charge in [0.1, 0.15) is 12.4 Å². The number of benzene rings is 2. The molecular formula is C21H22N2O. The van der Waals surface area contributed by atoms with Crippen molar-refractivity contribution >= 4 is 0 Å². The Morgan fingerprint density at radius 2 is 1.58 bits per heavy atom. The number of nitrogens with one attached hydrogen (secondary N) is 1. The van der Waals surface area contributed by atoms with Crippen LogP contribution in [-0.4, -0.2) is 4.98 Å². The molecule has 0 atom stereocenters. The van der Waals surface area contributed by atoms with Gasteiger partial charge in [0.15, 0.2) is 0 Å². The normalized spacial score (nSPS) is 10.5. The van der Waals surface area contributed by atoms with Crippen LogP contribution in [0.4, 0.5) is 0 Å². The molecule has 0 fully saturated rings. The maximum Gasteiger partial charge on any atom is 0.120 e. The molecule has 0 aliphatic carbocycles. The van der Waals surface area contributed by atoms with Gasteiger partial charge in [0.05, 0.1) is 0 Å². The van der Waals surface area contributed by atoms with E-state index < -0.39 is 0 Å². The van der Waals surface area contributed by atoms with Crippen LogP contribution in [0.25, 0.3) is 0 Å². The fourth-order valence-corrected chi connectivity index (χ4v) is 2.57. The average molecular weight is 318 g/mol. The number of aryl methyl sites for hydroxylation is 1. The number of hydrogen-bond acceptors (Lipinski definition) is 3. The van der Waals surface area contributed by atoms with Crippen molar-refractivity contribution in [1.82, 2.24) is 10.3 Å². The van der Waals surface area contributed by atoms with Crippen molar-refractivity contribution in [3.8, 4) is 5.75 Å². The summed E-state index contributed by atoms with van der Waals surface area (Å²) in [6.07, 6.45) is 3.63. The molecule has 1 heterocycles. The van der Waals surface area contributed by atoms with E-state index >= 15 is 0 Å². The first kappa shape index (κ1) is 16.2. The molecule has 122 valence electrons. The summed E-state index contributed by atoms with van der Waals surface area (Å²) in [6.45, 7) is 4.33. The molecule has 3 rings (SSSR count). The summed E-state index contributed by atoms with van der Waals surface area (Å²) in [5.74, 6) is 0.903. The van der Waals surface area contributed by atoms with Gasteiger partial charge in [-0.25, -0.2) is 0 Å². The Morgan fingerprint density at radius 1 is 0.833 bits per heavy atom. The molecule has 0 saturated carbocycles. The molecule has 24 heavy (non-hydrogen) atoms. The fraction of sp³-hybridized carbons (Fsp3) is 0.190. The highest BCUT2D eigenvalue weighted by Gasteiger charge is 1.99. The topological polar surface area (TPSA) is 34.1 Å². The second-order valence-corrected chi connectivity index (χ2v) is 5.88. The molecule has 0 aliphatic rings. The number of nitrogens with zero attached hydrogens (tertiary/aromatic N) is 1. The molecule has 2 aromatic carbocycles. The van der Waals surface area contributed by atoms with Crippen molar-refractivity contribution in [2.45, 2.75) is 26.6 Å². The lowest BCUT2D eigenvalue weighted by atomic mass is 10.1. The van der Waals surface area contributed by atoms with Crippen molar-refractivity contribution in [2.75, 3.05) is 0 Å². The highest BCUT2D eigenvalue weighted by molar-refractivity contribution is 5.29. The average Bonchev–Trinajstić information content (AvgIpc) is 2.61. The van der Waals surface area contributed by atoms with Crippen LogP contribution in [0, 0.1) is 6.92 Å². The van der Waals surface area contributed by atoms with Gasteiger partial charge < -0.3 is 10.1 Å². The summed E-state index contributed by atoms with van der Waals surface area (Å²) in [7, 11) is 0. The van der Waals surface area contributed by atoms with Gasteiger partial charge in [0, 0.05) is 25.5 Å². The quantitative estimate of drug-likeness (QED) is 0.707. The number of hydrogen-bond donors (Lipinski definition) is 1. The van der Waals surface area contributed by atoms with E-state index in [-0.39, 0.29) is 0 Å². The van der Waals surface area contributed by atoms with Crippen LogP contribution in [-0.2, 0) is 19.7 Å². The van der Waals surface area contributed by atoms with Crippen LogP contribution in [0.1, 0.15) is 22.3 Å². The van der Waals surface area contributed by atoms with Gasteiger partial charge in [-0.05, 0) is 47.9 Å². The first-order chi connectivity index (χ1) is 11.8. The molecule has 3 aromatic rings. The van der Waals surface area contributed by atoms with Crippen LogP contribution in [0.15, 0.2) is 73.1 Å². The van der Waals surface area contributed by atoms with E-state index in [9.17, 15) is 0 Å². The van der Waals surface area contributed by atoms with Gasteiger partial charge in [-0.2, -0.15) is 0 Å². The zero-order chi connectivity index (χ0) is 16.6.